The molecule has 0 unspecified atom stereocenters. The van der Waals surface area contributed by atoms with E-state index in [0.29, 0.717) is 12.3 Å². The normalized spacial score (nSPS) is 10.1. The van der Waals surface area contributed by atoms with Crippen molar-refractivity contribution in [2.24, 2.45) is 0 Å². The second kappa shape index (κ2) is 7.36. The highest BCUT2D eigenvalue weighted by Gasteiger charge is 2.04. The maximum atomic E-state index is 10.5. The highest BCUT2D eigenvalue weighted by atomic mass is 16.5. The molecular formula is C17H19NO4. The van der Waals surface area contributed by atoms with Crippen LogP contribution in [0.4, 0.5) is 5.69 Å². The summed E-state index contributed by atoms with van der Waals surface area (Å²) in [4.78, 5) is 10.5. The number of carboxylic acid groups (broad SMARTS) is 1. The minimum atomic E-state index is -0.985. The molecule has 116 valence electrons. The van der Waals surface area contributed by atoms with Crippen molar-refractivity contribution in [3.63, 3.8) is 0 Å². The Kier molecular flexibility index (Phi) is 5.25. The smallest absolute Gasteiger partial charge is 0.341 e. The molecule has 0 saturated heterocycles. The lowest BCUT2D eigenvalue weighted by Crippen LogP contribution is -2.10. The number of aryl methyl sites for hydroxylation is 1. The van der Waals surface area contributed by atoms with Crippen LogP contribution in [0.1, 0.15) is 11.1 Å². The SMILES string of the molecule is COc1ccc(CNc2ccc(OCC(=O)O)c(C)c2)cc1. The van der Waals surface area contributed by atoms with Crippen molar-refractivity contribution in [3.8, 4) is 11.5 Å². The molecule has 0 aliphatic heterocycles. The van der Waals surface area contributed by atoms with E-state index in [-0.39, 0.29) is 6.61 Å². The molecule has 2 N–H and O–H groups in total. The Hall–Kier alpha value is -2.69. The summed E-state index contributed by atoms with van der Waals surface area (Å²) < 4.78 is 10.3. The highest BCUT2D eigenvalue weighted by molar-refractivity contribution is 5.68. The van der Waals surface area contributed by atoms with Crippen molar-refractivity contribution >= 4 is 11.7 Å². The van der Waals surface area contributed by atoms with E-state index < -0.39 is 5.97 Å². The van der Waals surface area contributed by atoms with Crippen LogP contribution in [0.15, 0.2) is 42.5 Å². The molecule has 5 heteroatoms. The molecule has 0 fully saturated rings. The van der Waals surface area contributed by atoms with E-state index in [1.54, 1.807) is 13.2 Å². The lowest BCUT2D eigenvalue weighted by Gasteiger charge is -2.11. The second-order valence-corrected chi connectivity index (χ2v) is 4.86. The molecule has 0 bridgehead atoms. The summed E-state index contributed by atoms with van der Waals surface area (Å²) in [6.45, 7) is 2.24. The molecule has 5 nitrogen and oxygen atoms in total. The van der Waals surface area contributed by atoms with Crippen LogP contribution < -0.4 is 14.8 Å². The Morgan fingerprint density at radius 1 is 1.18 bits per heavy atom. The summed E-state index contributed by atoms with van der Waals surface area (Å²) in [5.41, 5.74) is 2.99. The Labute approximate surface area is 129 Å². The van der Waals surface area contributed by atoms with E-state index >= 15 is 0 Å². The zero-order valence-electron chi connectivity index (χ0n) is 12.6. The van der Waals surface area contributed by atoms with Gasteiger partial charge in [-0.25, -0.2) is 4.79 Å². The predicted molar refractivity (Wildman–Crippen MR) is 84.6 cm³/mol. The Morgan fingerprint density at radius 2 is 1.91 bits per heavy atom. The van der Waals surface area contributed by atoms with Crippen LogP contribution in [0.2, 0.25) is 0 Å². The zero-order chi connectivity index (χ0) is 15.9. The first-order valence-electron chi connectivity index (χ1n) is 6.90. The fourth-order valence-electron chi connectivity index (χ4n) is 2.01. The molecule has 2 aromatic carbocycles. The number of ether oxygens (including phenoxy) is 2. The van der Waals surface area contributed by atoms with Crippen molar-refractivity contribution in [1.29, 1.82) is 0 Å². The van der Waals surface area contributed by atoms with Gasteiger partial charge in [0, 0.05) is 12.2 Å². The van der Waals surface area contributed by atoms with E-state index in [0.717, 1.165) is 22.6 Å². The predicted octanol–water partition coefficient (Wildman–Crippen LogP) is 3.08. The molecule has 0 aromatic heterocycles. The molecular weight excluding hydrogens is 282 g/mol. The standard InChI is InChI=1S/C17H19NO4/c1-12-9-14(5-8-16(12)22-11-17(19)20)18-10-13-3-6-15(21-2)7-4-13/h3-9,18H,10-11H2,1-2H3,(H,19,20). The molecule has 2 rings (SSSR count). The topological polar surface area (TPSA) is 67.8 Å². The van der Waals surface area contributed by atoms with Crippen molar-refractivity contribution in [3.05, 3.63) is 53.6 Å². The Balaban J connectivity index is 1.95. The number of anilines is 1. The highest BCUT2D eigenvalue weighted by Crippen LogP contribution is 2.22. The third kappa shape index (κ3) is 4.41. The number of hydrogen-bond acceptors (Lipinski definition) is 4. The van der Waals surface area contributed by atoms with Gasteiger partial charge in [-0.1, -0.05) is 12.1 Å². The molecule has 0 spiro atoms. The van der Waals surface area contributed by atoms with Gasteiger partial charge in [-0.3, -0.25) is 0 Å². The monoisotopic (exact) mass is 301 g/mol. The third-order valence-electron chi connectivity index (χ3n) is 3.18. The fraction of sp³-hybridized carbons (Fsp3) is 0.235. The average molecular weight is 301 g/mol. The summed E-state index contributed by atoms with van der Waals surface area (Å²) in [5.74, 6) is 0.429. The number of rotatable bonds is 7. The Morgan fingerprint density at radius 3 is 2.50 bits per heavy atom. The molecule has 2 aromatic rings. The first-order valence-corrected chi connectivity index (χ1v) is 6.90. The number of benzene rings is 2. The number of methoxy groups -OCH3 is 1. The van der Waals surface area contributed by atoms with Gasteiger partial charge in [0.15, 0.2) is 6.61 Å². The van der Waals surface area contributed by atoms with Gasteiger partial charge < -0.3 is 19.9 Å². The number of hydrogen-bond donors (Lipinski definition) is 2. The third-order valence-corrected chi connectivity index (χ3v) is 3.18. The minimum Gasteiger partial charge on any atom is -0.497 e. The molecule has 0 atom stereocenters. The van der Waals surface area contributed by atoms with Gasteiger partial charge in [0.1, 0.15) is 11.5 Å². The molecule has 0 aliphatic carbocycles. The van der Waals surface area contributed by atoms with E-state index in [2.05, 4.69) is 5.32 Å². The quantitative estimate of drug-likeness (QED) is 0.822. The number of aliphatic carboxylic acids is 1. The van der Waals surface area contributed by atoms with E-state index in [4.69, 9.17) is 14.6 Å². The van der Waals surface area contributed by atoms with Crippen molar-refractivity contribution in [2.45, 2.75) is 13.5 Å². The van der Waals surface area contributed by atoms with E-state index in [1.165, 1.54) is 0 Å². The number of carboxylic acids is 1. The second-order valence-electron chi connectivity index (χ2n) is 4.86. The largest absolute Gasteiger partial charge is 0.497 e. The lowest BCUT2D eigenvalue weighted by atomic mass is 10.2. The maximum absolute atomic E-state index is 10.5. The zero-order valence-corrected chi connectivity index (χ0v) is 12.6. The van der Waals surface area contributed by atoms with Crippen molar-refractivity contribution in [1.82, 2.24) is 0 Å². The summed E-state index contributed by atoms with van der Waals surface area (Å²) in [5, 5.41) is 11.9. The van der Waals surface area contributed by atoms with Crippen LogP contribution >= 0.6 is 0 Å². The molecule has 0 heterocycles. The first kappa shape index (κ1) is 15.7. The van der Waals surface area contributed by atoms with Gasteiger partial charge in [0.2, 0.25) is 0 Å². The molecule has 0 radical (unpaired) electrons. The first-order chi connectivity index (χ1) is 10.6. The summed E-state index contributed by atoms with van der Waals surface area (Å²) >= 11 is 0. The van der Waals surface area contributed by atoms with Crippen LogP contribution in [0.3, 0.4) is 0 Å². The minimum absolute atomic E-state index is 0.334. The molecule has 22 heavy (non-hydrogen) atoms. The van der Waals surface area contributed by atoms with Crippen molar-refractivity contribution in [2.75, 3.05) is 19.0 Å². The molecule has 0 aliphatic rings. The summed E-state index contributed by atoms with van der Waals surface area (Å²) in [6, 6.07) is 13.4. The van der Waals surface area contributed by atoms with Gasteiger partial charge in [-0.05, 0) is 48.4 Å². The maximum Gasteiger partial charge on any atom is 0.341 e. The van der Waals surface area contributed by atoms with E-state index in [1.807, 2.05) is 43.3 Å². The van der Waals surface area contributed by atoms with Crippen LogP contribution in [0, 0.1) is 6.92 Å². The Bertz CT molecular complexity index is 638. The molecule has 0 amide bonds. The van der Waals surface area contributed by atoms with Gasteiger partial charge in [-0.2, -0.15) is 0 Å². The van der Waals surface area contributed by atoms with Crippen molar-refractivity contribution < 1.29 is 19.4 Å². The van der Waals surface area contributed by atoms with Crippen LogP contribution in [-0.4, -0.2) is 24.8 Å². The van der Waals surface area contributed by atoms with Gasteiger partial charge in [0.05, 0.1) is 7.11 Å². The van der Waals surface area contributed by atoms with Crippen LogP contribution in [0.5, 0.6) is 11.5 Å². The van der Waals surface area contributed by atoms with Gasteiger partial charge >= 0.3 is 5.97 Å². The van der Waals surface area contributed by atoms with Gasteiger partial charge in [-0.15, -0.1) is 0 Å². The molecule has 0 saturated carbocycles. The number of carbonyl (C=O) groups is 1. The van der Waals surface area contributed by atoms with Gasteiger partial charge in [0.25, 0.3) is 0 Å². The summed E-state index contributed by atoms with van der Waals surface area (Å²) in [6.07, 6.45) is 0. The van der Waals surface area contributed by atoms with E-state index in [9.17, 15) is 4.79 Å². The fourth-order valence-corrected chi connectivity index (χ4v) is 2.01. The summed E-state index contributed by atoms with van der Waals surface area (Å²) in [7, 11) is 1.64. The lowest BCUT2D eigenvalue weighted by molar-refractivity contribution is -0.139. The number of nitrogens with one attached hydrogen (secondary N) is 1. The van der Waals surface area contributed by atoms with Crippen LogP contribution in [0.25, 0.3) is 0 Å². The average Bonchev–Trinajstić information content (AvgIpc) is 2.52. The van der Waals surface area contributed by atoms with Crippen LogP contribution in [-0.2, 0) is 11.3 Å².